The number of furan rings is 1. The molecule has 3 fully saturated rings. The van der Waals surface area contributed by atoms with E-state index in [1.54, 1.807) is 0 Å². The van der Waals surface area contributed by atoms with Crippen molar-refractivity contribution in [2.24, 2.45) is 11.8 Å². The summed E-state index contributed by atoms with van der Waals surface area (Å²) < 4.78 is 5.70. The highest BCUT2D eigenvalue weighted by Gasteiger charge is 2.31. The summed E-state index contributed by atoms with van der Waals surface area (Å²) in [5.74, 6) is 3.15. The average Bonchev–Trinajstić information content (AvgIpc) is 3.25. The lowest BCUT2D eigenvalue weighted by molar-refractivity contribution is 0.0816. The normalized spacial score (nSPS) is 30.3. The smallest absolute Gasteiger partial charge is 0.122 e. The summed E-state index contributed by atoms with van der Waals surface area (Å²) in [4.78, 5) is 2.66. The Balaban J connectivity index is 1.34. The van der Waals surface area contributed by atoms with Crippen molar-refractivity contribution in [1.29, 1.82) is 0 Å². The van der Waals surface area contributed by atoms with Gasteiger partial charge in [-0.1, -0.05) is 19.3 Å². The zero-order valence-electron chi connectivity index (χ0n) is 13.0. The van der Waals surface area contributed by atoms with Crippen LogP contribution >= 0.6 is 0 Å². The lowest BCUT2D eigenvalue weighted by Crippen LogP contribution is -2.41. The van der Waals surface area contributed by atoms with Crippen LogP contribution in [0, 0.1) is 11.8 Å². The standard InChI is InChI=1S/C18H28N2O/c1-2-4-15-12-20(9-7-14(15)3-1)13-16-8-10-21-18(16)11-19-17-5-6-17/h8,10,14-15,17,19H,1-7,9,11-13H2. The Morgan fingerprint density at radius 2 is 1.95 bits per heavy atom. The summed E-state index contributed by atoms with van der Waals surface area (Å²) in [5, 5.41) is 3.57. The van der Waals surface area contributed by atoms with Crippen molar-refractivity contribution in [3.05, 3.63) is 23.7 Å². The number of likely N-dealkylation sites (tertiary alicyclic amines) is 1. The van der Waals surface area contributed by atoms with Gasteiger partial charge < -0.3 is 9.73 Å². The van der Waals surface area contributed by atoms with Gasteiger partial charge >= 0.3 is 0 Å². The van der Waals surface area contributed by atoms with E-state index in [4.69, 9.17) is 4.42 Å². The monoisotopic (exact) mass is 288 g/mol. The van der Waals surface area contributed by atoms with Gasteiger partial charge in [0, 0.05) is 24.7 Å². The second kappa shape index (κ2) is 6.13. The highest BCUT2D eigenvalue weighted by molar-refractivity contribution is 5.17. The van der Waals surface area contributed by atoms with Gasteiger partial charge in [-0.25, -0.2) is 0 Å². The molecular weight excluding hydrogens is 260 g/mol. The number of hydrogen-bond acceptors (Lipinski definition) is 3. The van der Waals surface area contributed by atoms with E-state index in [1.807, 2.05) is 6.26 Å². The van der Waals surface area contributed by atoms with Crippen molar-refractivity contribution >= 4 is 0 Å². The van der Waals surface area contributed by atoms with Gasteiger partial charge in [-0.15, -0.1) is 0 Å². The molecule has 3 aliphatic rings. The number of nitrogens with zero attached hydrogens (tertiary/aromatic N) is 1. The van der Waals surface area contributed by atoms with E-state index in [0.717, 1.165) is 36.7 Å². The van der Waals surface area contributed by atoms with E-state index in [9.17, 15) is 0 Å². The largest absolute Gasteiger partial charge is 0.468 e. The minimum atomic E-state index is 0.751. The Hall–Kier alpha value is -0.800. The zero-order valence-corrected chi connectivity index (χ0v) is 13.0. The molecule has 0 spiro atoms. The van der Waals surface area contributed by atoms with E-state index in [2.05, 4.69) is 16.3 Å². The first-order chi connectivity index (χ1) is 10.4. The lowest BCUT2D eigenvalue weighted by atomic mass is 9.75. The Morgan fingerprint density at radius 3 is 2.81 bits per heavy atom. The molecule has 0 bridgehead atoms. The van der Waals surface area contributed by atoms with Crippen molar-refractivity contribution in [2.75, 3.05) is 13.1 Å². The summed E-state index contributed by atoms with van der Waals surface area (Å²) in [6, 6.07) is 2.93. The van der Waals surface area contributed by atoms with Crippen LogP contribution in [0.3, 0.4) is 0 Å². The molecule has 1 N–H and O–H groups in total. The Morgan fingerprint density at radius 1 is 1.10 bits per heavy atom. The minimum Gasteiger partial charge on any atom is -0.468 e. The van der Waals surface area contributed by atoms with Gasteiger partial charge in [-0.3, -0.25) is 4.90 Å². The molecule has 1 aromatic heterocycles. The van der Waals surface area contributed by atoms with E-state index in [0.29, 0.717) is 0 Å². The molecule has 1 aromatic rings. The fourth-order valence-corrected chi connectivity index (χ4v) is 4.25. The Labute approximate surface area is 128 Å². The van der Waals surface area contributed by atoms with Gasteiger partial charge in [-0.05, 0) is 50.1 Å². The zero-order chi connectivity index (χ0) is 14.1. The third-order valence-corrected chi connectivity index (χ3v) is 5.74. The number of rotatable bonds is 5. The van der Waals surface area contributed by atoms with Crippen molar-refractivity contribution in [3.8, 4) is 0 Å². The van der Waals surface area contributed by atoms with Gasteiger partial charge in [0.05, 0.1) is 12.8 Å². The van der Waals surface area contributed by atoms with Gasteiger partial charge in [0.2, 0.25) is 0 Å². The molecule has 2 saturated carbocycles. The maximum absolute atomic E-state index is 5.70. The fourth-order valence-electron chi connectivity index (χ4n) is 4.25. The van der Waals surface area contributed by atoms with Gasteiger partial charge in [0.25, 0.3) is 0 Å². The maximum atomic E-state index is 5.70. The minimum absolute atomic E-state index is 0.751. The molecule has 2 aliphatic carbocycles. The van der Waals surface area contributed by atoms with Crippen LogP contribution in [-0.4, -0.2) is 24.0 Å². The number of hydrogen-bond donors (Lipinski definition) is 1. The Bertz CT molecular complexity index is 466. The predicted molar refractivity (Wildman–Crippen MR) is 83.9 cm³/mol. The van der Waals surface area contributed by atoms with Crippen LogP contribution < -0.4 is 5.32 Å². The second-order valence-corrected chi connectivity index (χ2v) is 7.35. The first-order valence-electron chi connectivity index (χ1n) is 8.89. The summed E-state index contributed by atoms with van der Waals surface area (Å²) in [6.07, 6.45) is 11.8. The van der Waals surface area contributed by atoms with Crippen LogP contribution in [0.1, 0.15) is 56.3 Å². The highest BCUT2D eigenvalue weighted by atomic mass is 16.3. The van der Waals surface area contributed by atoms with Crippen LogP contribution in [0.5, 0.6) is 0 Å². The molecule has 4 rings (SSSR count). The van der Waals surface area contributed by atoms with E-state index < -0.39 is 0 Å². The van der Waals surface area contributed by atoms with Crippen molar-refractivity contribution in [2.45, 2.75) is 64.1 Å². The molecule has 0 amide bonds. The quantitative estimate of drug-likeness (QED) is 0.898. The van der Waals surface area contributed by atoms with Crippen LogP contribution in [0.15, 0.2) is 16.7 Å². The average molecular weight is 288 g/mol. The predicted octanol–water partition coefficient (Wildman–Crippen LogP) is 3.54. The van der Waals surface area contributed by atoms with Crippen LogP contribution in [-0.2, 0) is 13.1 Å². The van der Waals surface area contributed by atoms with Crippen molar-refractivity contribution in [3.63, 3.8) is 0 Å². The van der Waals surface area contributed by atoms with Crippen LogP contribution in [0.4, 0.5) is 0 Å². The summed E-state index contributed by atoms with van der Waals surface area (Å²) in [7, 11) is 0. The van der Waals surface area contributed by atoms with Crippen molar-refractivity contribution < 1.29 is 4.42 Å². The first kappa shape index (κ1) is 13.8. The molecule has 3 nitrogen and oxygen atoms in total. The summed E-state index contributed by atoms with van der Waals surface area (Å²) in [6.45, 7) is 4.58. The summed E-state index contributed by atoms with van der Waals surface area (Å²) in [5.41, 5.74) is 1.40. The first-order valence-corrected chi connectivity index (χ1v) is 8.89. The SMILES string of the molecule is c1cc(CN2CCC3CCCCC3C2)c(CNC2CC2)o1. The molecule has 1 aliphatic heterocycles. The number of nitrogens with one attached hydrogen (secondary N) is 1. The third kappa shape index (κ3) is 3.35. The molecule has 116 valence electrons. The lowest BCUT2D eigenvalue weighted by Gasteiger charge is -2.41. The van der Waals surface area contributed by atoms with Gasteiger partial charge in [0.1, 0.15) is 5.76 Å². The molecule has 2 heterocycles. The van der Waals surface area contributed by atoms with Gasteiger partial charge in [-0.2, -0.15) is 0 Å². The van der Waals surface area contributed by atoms with Gasteiger partial charge in [0.15, 0.2) is 0 Å². The molecule has 2 atom stereocenters. The maximum Gasteiger partial charge on any atom is 0.122 e. The molecule has 21 heavy (non-hydrogen) atoms. The van der Waals surface area contributed by atoms with Crippen LogP contribution in [0.2, 0.25) is 0 Å². The number of piperidine rings is 1. The van der Waals surface area contributed by atoms with E-state index in [-0.39, 0.29) is 0 Å². The fraction of sp³-hybridized carbons (Fsp3) is 0.778. The van der Waals surface area contributed by atoms with Crippen LogP contribution in [0.25, 0.3) is 0 Å². The van der Waals surface area contributed by atoms with E-state index in [1.165, 1.54) is 63.6 Å². The molecule has 0 radical (unpaired) electrons. The highest BCUT2D eigenvalue weighted by Crippen LogP contribution is 2.36. The molecular formula is C18H28N2O. The second-order valence-electron chi connectivity index (χ2n) is 7.35. The van der Waals surface area contributed by atoms with Crippen molar-refractivity contribution in [1.82, 2.24) is 10.2 Å². The number of fused-ring (bicyclic) bond motifs is 1. The molecule has 0 aromatic carbocycles. The molecule has 2 unspecified atom stereocenters. The van der Waals surface area contributed by atoms with E-state index >= 15 is 0 Å². The topological polar surface area (TPSA) is 28.4 Å². The third-order valence-electron chi connectivity index (χ3n) is 5.74. The Kier molecular flexibility index (Phi) is 4.04. The summed E-state index contributed by atoms with van der Waals surface area (Å²) >= 11 is 0. The molecule has 3 heteroatoms. The molecule has 1 saturated heterocycles.